The predicted molar refractivity (Wildman–Crippen MR) is 64.7 cm³/mol. The number of imidazole rings is 1. The molecule has 0 spiro atoms. The average Bonchev–Trinajstić information content (AvgIpc) is 2.71. The molecule has 0 aliphatic rings. The Bertz CT molecular complexity index is 532. The smallest absolute Gasteiger partial charge is 0.313 e. The fraction of sp³-hybridized carbons (Fsp3) is 0.231. The van der Waals surface area contributed by atoms with Crippen LogP contribution < -0.4 is 0 Å². The molecule has 4 heteroatoms. The summed E-state index contributed by atoms with van der Waals surface area (Å²) in [6, 6.07) is 9.80. The van der Waals surface area contributed by atoms with E-state index in [0.29, 0.717) is 5.82 Å². The van der Waals surface area contributed by atoms with E-state index in [2.05, 4.69) is 4.98 Å². The lowest BCUT2D eigenvalue weighted by molar-refractivity contribution is -0.138. The minimum absolute atomic E-state index is 0.566. The average molecular weight is 230 g/mol. The molecule has 0 saturated heterocycles. The van der Waals surface area contributed by atoms with Crippen molar-refractivity contribution >= 4 is 5.97 Å². The summed E-state index contributed by atoms with van der Waals surface area (Å²) in [4.78, 5) is 15.1. The highest BCUT2D eigenvalue weighted by atomic mass is 16.4. The Hall–Kier alpha value is -2.10. The monoisotopic (exact) mass is 230 g/mol. The molecule has 0 fully saturated rings. The van der Waals surface area contributed by atoms with Gasteiger partial charge in [0, 0.05) is 7.05 Å². The van der Waals surface area contributed by atoms with E-state index in [4.69, 9.17) is 5.11 Å². The summed E-state index contributed by atoms with van der Waals surface area (Å²) in [7, 11) is 1.84. The Kier molecular flexibility index (Phi) is 2.95. The summed E-state index contributed by atoms with van der Waals surface area (Å²) < 4.78 is 1.83. The van der Waals surface area contributed by atoms with E-state index < -0.39 is 11.9 Å². The maximum atomic E-state index is 10.9. The van der Waals surface area contributed by atoms with Crippen LogP contribution >= 0.6 is 0 Å². The summed E-state index contributed by atoms with van der Waals surface area (Å²) in [6.45, 7) is 1.64. The van der Waals surface area contributed by atoms with Crippen molar-refractivity contribution in [2.24, 2.45) is 7.05 Å². The number of aliphatic carboxylic acids is 1. The third-order valence-corrected chi connectivity index (χ3v) is 2.85. The number of benzene rings is 1. The normalized spacial score (nSPS) is 12.4. The van der Waals surface area contributed by atoms with Gasteiger partial charge in [-0.3, -0.25) is 4.79 Å². The third-order valence-electron chi connectivity index (χ3n) is 2.85. The molecule has 0 radical (unpaired) electrons. The highest BCUT2D eigenvalue weighted by Crippen LogP contribution is 2.23. The van der Waals surface area contributed by atoms with Crippen LogP contribution in [0.15, 0.2) is 36.5 Å². The summed E-state index contributed by atoms with van der Waals surface area (Å²) in [6.07, 6.45) is 1.71. The van der Waals surface area contributed by atoms with Gasteiger partial charge in [-0.2, -0.15) is 0 Å². The molecule has 0 aliphatic heterocycles. The summed E-state index contributed by atoms with van der Waals surface area (Å²) in [5.41, 5.74) is 1.96. The molecule has 0 aliphatic carbocycles. The molecule has 88 valence electrons. The molecule has 4 nitrogen and oxygen atoms in total. The standard InChI is InChI=1S/C13H14N2O2/c1-9(13(16)17)12-14-8-11(15(12)2)10-6-4-3-5-7-10/h3-9H,1-2H3,(H,16,17). The van der Waals surface area contributed by atoms with Gasteiger partial charge in [0.05, 0.1) is 11.9 Å². The lowest BCUT2D eigenvalue weighted by Crippen LogP contribution is -2.12. The zero-order valence-corrected chi connectivity index (χ0v) is 9.79. The summed E-state index contributed by atoms with van der Waals surface area (Å²) >= 11 is 0. The molecule has 1 aromatic heterocycles. The van der Waals surface area contributed by atoms with Crippen molar-refractivity contribution in [1.82, 2.24) is 9.55 Å². The first-order valence-corrected chi connectivity index (χ1v) is 5.41. The third kappa shape index (κ3) is 2.06. The Morgan fingerprint density at radius 3 is 2.59 bits per heavy atom. The fourth-order valence-corrected chi connectivity index (χ4v) is 1.81. The first-order valence-electron chi connectivity index (χ1n) is 5.41. The van der Waals surface area contributed by atoms with E-state index in [-0.39, 0.29) is 0 Å². The SMILES string of the molecule is CC(C(=O)O)c1ncc(-c2ccccc2)n1C. The molecule has 0 saturated carbocycles. The van der Waals surface area contributed by atoms with Crippen molar-refractivity contribution in [3.63, 3.8) is 0 Å². The second-order valence-corrected chi connectivity index (χ2v) is 3.99. The van der Waals surface area contributed by atoms with Crippen LogP contribution in [0.2, 0.25) is 0 Å². The van der Waals surface area contributed by atoms with Crippen LogP contribution in [0.1, 0.15) is 18.7 Å². The molecule has 17 heavy (non-hydrogen) atoms. The van der Waals surface area contributed by atoms with E-state index in [1.165, 1.54) is 0 Å². The van der Waals surface area contributed by atoms with Gasteiger partial charge in [-0.25, -0.2) is 4.98 Å². The minimum Gasteiger partial charge on any atom is -0.481 e. The number of rotatable bonds is 3. The second-order valence-electron chi connectivity index (χ2n) is 3.99. The highest BCUT2D eigenvalue weighted by molar-refractivity contribution is 5.75. The number of carboxylic acid groups (broad SMARTS) is 1. The number of carboxylic acids is 1. The minimum atomic E-state index is -0.863. The van der Waals surface area contributed by atoms with Crippen molar-refractivity contribution in [2.75, 3.05) is 0 Å². The molecule has 0 bridgehead atoms. The van der Waals surface area contributed by atoms with Gasteiger partial charge in [0.2, 0.25) is 0 Å². The van der Waals surface area contributed by atoms with Crippen molar-refractivity contribution in [1.29, 1.82) is 0 Å². The number of hydrogen-bond donors (Lipinski definition) is 1. The Morgan fingerprint density at radius 1 is 1.35 bits per heavy atom. The molecule has 2 rings (SSSR count). The van der Waals surface area contributed by atoms with Crippen LogP contribution in [0.3, 0.4) is 0 Å². The van der Waals surface area contributed by atoms with Gasteiger partial charge >= 0.3 is 5.97 Å². The number of aromatic nitrogens is 2. The number of nitrogens with zero attached hydrogens (tertiary/aromatic N) is 2. The van der Waals surface area contributed by atoms with Crippen LogP contribution in [0.25, 0.3) is 11.3 Å². The molecule has 1 unspecified atom stereocenters. The number of carbonyl (C=O) groups is 1. The Labute approximate surface area is 99.5 Å². The van der Waals surface area contributed by atoms with Gasteiger partial charge in [-0.15, -0.1) is 0 Å². The first-order chi connectivity index (χ1) is 8.11. The van der Waals surface area contributed by atoms with Crippen molar-refractivity contribution < 1.29 is 9.90 Å². The predicted octanol–water partition coefficient (Wildman–Crippen LogP) is 2.28. The van der Waals surface area contributed by atoms with Crippen LogP contribution in [-0.2, 0) is 11.8 Å². The molecule has 0 amide bonds. The van der Waals surface area contributed by atoms with E-state index in [9.17, 15) is 4.79 Å². The molecule has 1 aromatic carbocycles. The van der Waals surface area contributed by atoms with Gasteiger partial charge in [0.15, 0.2) is 0 Å². The fourth-order valence-electron chi connectivity index (χ4n) is 1.81. The van der Waals surface area contributed by atoms with Gasteiger partial charge < -0.3 is 9.67 Å². The van der Waals surface area contributed by atoms with Crippen molar-refractivity contribution in [2.45, 2.75) is 12.8 Å². The molecule has 2 aromatic rings. The summed E-state index contributed by atoms with van der Waals surface area (Å²) in [5.74, 6) is -0.896. The van der Waals surface area contributed by atoms with Crippen LogP contribution in [0.5, 0.6) is 0 Å². The molecule has 1 heterocycles. The topological polar surface area (TPSA) is 55.1 Å². The maximum absolute atomic E-state index is 10.9. The van der Waals surface area contributed by atoms with Crippen LogP contribution in [0.4, 0.5) is 0 Å². The Morgan fingerprint density at radius 2 is 2.00 bits per heavy atom. The van der Waals surface area contributed by atoms with Crippen LogP contribution in [0, 0.1) is 0 Å². The second kappa shape index (κ2) is 4.41. The van der Waals surface area contributed by atoms with Crippen molar-refractivity contribution in [3.05, 3.63) is 42.4 Å². The Balaban J connectivity index is 2.43. The zero-order valence-electron chi connectivity index (χ0n) is 9.79. The van der Waals surface area contributed by atoms with E-state index in [0.717, 1.165) is 11.3 Å². The van der Waals surface area contributed by atoms with E-state index >= 15 is 0 Å². The molecular weight excluding hydrogens is 216 g/mol. The van der Waals surface area contributed by atoms with Crippen molar-refractivity contribution in [3.8, 4) is 11.3 Å². The molecule has 1 atom stereocenters. The lowest BCUT2D eigenvalue weighted by Gasteiger charge is -2.08. The van der Waals surface area contributed by atoms with Gasteiger partial charge in [0.1, 0.15) is 11.7 Å². The van der Waals surface area contributed by atoms with Gasteiger partial charge in [-0.05, 0) is 12.5 Å². The highest BCUT2D eigenvalue weighted by Gasteiger charge is 2.20. The zero-order chi connectivity index (χ0) is 12.4. The molecule has 1 N–H and O–H groups in total. The quantitative estimate of drug-likeness (QED) is 0.880. The van der Waals surface area contributed by atoms with E-state index in [1.807, 2.05) is 41.9 Å². The van der Waals surface area contributed by atoms with Gasteiger partial charge in [0.25, 0.3) is 0 Å². The lowest BCUT2D eigenvalue weighted by atomic mass is 10.1. The largest absolute Gasteiger partial charge is 0.481 e. The first kappa shape index (κ1) is 11.4. The molecular formula is C13H14N2O2. The maximum Gasteiger partial charge on any atom is 0.313 e. The van der Waals surface area contributed by atoms with Crippen LogP contribution in [-0.4, -0.2) is 20.6 Å². The van der Waals surface area contributed by atoms with E-state index in [1.54, 1.807) is 13.1 Å². The summed E-state index contributed by atoms with van der Waals surface area (Å²) in [5, 5.41) is 8.99. The van der Waals surface area contributed by atoms with Gasteiger partial charge in [-0.1, -0.05) is 30.3 Å². The number of hydrogen-bond acceptors (Lipinski definition) is 2.